The second-order valence-electron chi connectivity index (χ2n) is 3.38. The average Bonchev–Trinajstić information content (AvgIpc) is 2.99. The first-order valence-electron chi connectivity index (χ1n) is 5.53. The van der Waals surface area contributed by atoms with E-state index >= 15 is 0 Å². The summed E-state index contributed by atoms with van der Waals surface area (Å²) < 4.78 is 4.75. The van der Waals surface area contributed by atoms with E-state index in [0.29, 0.717) is 18.0 Å². The van der Waals surface area contributed by atoms with Gasteiger partial charge in [0, 0.05) is 10.8 Å². The van der Waals surface area contributed by atoms with Gasteiger partial charge in [-0.15, -0.1) is 22.7 Å². The molecule has 0 unspecified atom stereocenters. The fourth-order valence-electron chi connectivity index (χ4n) is 1.10. The van der Waals surface area contributed by atoms with Gasteiger partial charge >= 0.3 is 5.97 Å². The maximum Gasteiger partial charge on any atom is 0.357 e. The molecule has 2 rings (SSSR count). The van der Waals surface area contributed by atoms with Crippen LogP contribution in [0.3, 0.4) is 0 Å². The first-order valence-corrected chi connectivity index (χ1v) is 7.29. The summed E-state index contributed by atoms with van der Waals surface area (Å²) in [5, 5.41) is 5.26. The number of aldehydes is 1. The van der Waals surface area contributed by atoms with Crippen molar-refractivity contribution >= 4 is 34.9 Å². The zero-order chi connectivity index (χ0) is 14.3. The highest BCUT2D eigenvalue weighted by Gasteiger charge is 2.08. The zero-order valence-corrected chi connectivity index (χ0v) is 12.5. The van der Waals surface area contributed by atoms with Crippen molar-refractivity contribution in [2.24, 2.45) is 0 Å². The van der Waals surface area contributed by atoms with Gasteiger partial charge in [-0.05, 0) is 20.8 Å². The summed E-state index contributed by atoms with van der Waals surface area (Å²) >= 11 is 2.93. The van der Waals surface area contributed by atoms with E-state index in [1.165, 1.54) is 22.7 Å². The molecule has 0 aromatic carbocycles. The van der Waals surface area contributed by atoms with Crippen LogP contribution in [0.1, 0.15) is 37.9 Å². The van der Waals surface area contributed by atoms with Crippen molar-refractivity contribution in [1.82, 2.24) is 9.97 Å². The van der Waals surface area contributed by atoms with Gasteiger partial charge in [-0.25, -0.2) is 14.8 Å². The fourth-order valence-corrected chi connectivity index (χ4v) is 2.24. The van der Waals surface area contributed by atoms with E-state index in [1.54, 1.807) is 17.7 Å². The molecule has 102 valence electrons. The Morgan fingerprint density at radius 1 is 1.26 bits per heavy atom. The van der Waals surface area contributed by atoms with Crippen LogP contribution in [-0.2, 0) is 4.74 Å². The van der Waals surface area contributed by atoms with Gasteiger partial charge in [0.25, 0.3) is 0 Å². The van der Waals surface area contributed by atoms with Gasteiger partial charge in [0.2, 0.25) is 0 Å². The average molecular weight is 298 g/mol. The van der Waals surface area contributed by atoms with Crippen molar-refractivity contribution in [1.29, 1.82) is 0 Å². The van der Waals surface area contributed by atoms with Crippen LogP contribution < -0.4 is 0 Å². The lowest BCUT2D eigenvalue weighted by Gasteiger charge is -1.95. The minimum Gasteiger partial charge on any atom is -0.461 e. The first kappa shape index (κ1) is 15.5. The number of hydrogen-bond donors (Lipinski definition) is 0. The monoisotopic (exact) mass is 298 g/mol. The Labute approximate surface area is 119 Å². The second-order valence-corrected chi connectivity index (χ2v) is 5.51. The number of aryl methyl sites for hydroxylation is 2. The molecular formula is C12H14N2O3S2. The van der Waals surface area contributed by atoms with Crippen molar-refractivity contribution in [2.45, 2.75) is 20.8 Å². The SMILES string of the molecule is CCOC(=O)c1csc(C)n1.Cc1nc(C=O)cs1. The molecule has 2 aromatic rings. The third kappa shape index (κ3) is 5.27. The molecule has 0 radical (unpaired) electrons. The van der Waals surface area contributed by atoms with E-state index in [0.717, 1.165) is 16.3 Å². The molecule has 19 heavy (non-hydrogen) atoms. The Balaban J connectivity index is 0.000000200. The number of ether oxygens (including phenoxy) is 1. The first-order chi connectivity index (χ1) is 9.06. The largest absolute Gasteiger partial charge is 0.461 e. The highest BCUT2D eigenvalue weighted by Crippen LogP contribution is 2.08. The molecule has 0 amide bonds. The van der Waals surface area contributed by atoms with E-state index in [2.05, 4.69) is 9.97 Å². The number of carbonyl (C=O) groups is 2. The lowest BCUT2D eigenvalue weighted by atomic mass is 10.5. The molecule has 0 bridgehead atoms. The smallest absolute Gasteiger partial charge is 0.357 e. The Bertz CT molecular complexity index is 549. The maximum absolute atomic E-state index is 11.0. The number of nitrogens with zero attached hydrogens (tertiary/aromatic N) is 2. The van der Waals surface area contributed by atoms with E-state index in [1.807, 2.05) is 13.8 Å². The van der Waals surface area contributed by atoms with E-state index in [9.17, 15) is 9.59 Å². The minimum atomic E-state index is -0.336. The van der Waals surface area contributed by atoms with Crippen LogP contribution in [0, 0.1) is 13.8 Å². The van der Waals surface area contributed by atoms with Crippen molar-refractivity contribution in [3.05, 3.63) is 32.2 Å². The van der Waals surface area contributed by atoms with E-state index in [4.69, 9.17) is 4.74 Å². The summed E-state index contributed by atoms with van der Waals surface area (Å²) in [6.45, 7) is 5.90. The Kier molecular flexibility index (Phi) is 6.31. The van der Waals surface area contributed by atoms with Crippen molar-refractivity contribution < 1.29 is 14.3 Å². The predicted octanol–water partition coefficient (Wildman–Crippen LogP) is 2.89. The van der Waals surface area contributed by atoms with Crippen LogP contribution in [0.5, 0.6) is 0 Å². The molecule has 0 saturated heterocycles. The quantitative estimate of drug-likeness (QED) is 0.643. The highest BCUT2D eigenvalue weighted by atomic mass is 32.1. The van der Waals surface area contributed by atoms with Gasteiger partial charge in [-0.1, -0.05) is 0 Å². The summed E-state index contributed by atoms with van der Waals surface area (Å²) in [4.78, 5) is 28.8. The van der Waals surface area contributed by atoms with Gasteiger partial charge in [0.05, 0.1) is 16.6 Å². The molecule has 0 spiro atoms. The molecule has 0 aliphatic heterocycles. The molecule has 5 nitrogen and oxygen atoms in total. The Morgan fingerprint density at radius 3 is 2.26 bits per heavy atom. The fraction of sp³-hybridized carbons (Fsp3) is 0.333. The standard InChI is InChI=1S/C7H9NO2S.C5H5NOS/c1-3-10-7(9)6-4-11-5(2)8-6;1-4-6-5(2-7)3-8-4/h4H,3H2,1-2H3;2-3H,1H3. The lowest BCUT2D eigenvalue weighted by molar-refractivity contribution is 0.0520. The highest BCUT2D eigenvalue weighted by molar-refractivity contribution is 7.10. The van der Waals surface area contributed by atoms with Crippen LogP contribution in [0.25, 0.3) is 0 Å². The summed E-state index contributed by atoms with van der Waals surface area (Å²) in [7, 11) is 0. The molecule has 0 aliphatic rings. The Hall–Kier alpha value is -1.60. The van der Waals surface area contributed by atoms with Crippen LogP contribution >= 0.6 is 22.7 Å². The molecule has 0 aliphatic carbocycles. The van der Waals surface area contributed by atoms with E-state index < -0.39 is 0 Å². The number of carbonyl (C=O) groups excluding carboxylic acids is 2. The van der Waals surface area contributed by atoms with Crippen LogP contribution in [-0.4, -0.2) is 28.8 Å². The lowest BCUT2D eigenvalue weighted by Crippen LogP contribution is -2.04. The Morgan fingerprint density at radius 2 is 1.89 bits per heavy atom. The van der Waals surface area contributed by atoms with Gasteiger partial charge in [0.15, 0.2) is 12.0 Å². The number of esters is 1. The number of hydrogen-bond acceptors (Lipinski definition) is 7. The number of aromatic nitrogens is 2. The molecule has 2 heterocycles. The number of rotatable bonds is 3. The van der Waals surface area contributed by atoms with Crippen molar-refractivity contribution in [3.8, 4) is 0 Å². The number of thiazole rings is 2. The van der Waals surface area contributed by atoms with Crippen LogP contribution in [0.2, 0.25) is 0 Å². The van der Waals surface area contributed by atoms with Crippen LogP contribution in [0.4, 0.5) is 0 Å². The zero-order valence-electron chi connectivity index (χ0n) is 10.9. The molecule has 0 atom stereocenters. The van der Waals surface area contributed by atoms with Crippen molar-refractivity contribution in [3.63, 3.8) is 0 Å². The summed E-state index contributed by atoms with van der Waals surface area (Å²) in [5.41, 5.74) is 0.946. The molecule has 0 N–H and O–H groups in total. The van der Waals surface area contributed by atoms with E-state index in [-0.39, 0.29) is 5.97 Å². The summed E-state index contributed by atoms with van der Waals surface area (Å²) in [6, 6.07) is 0. The normalized spacial score (nSPS) is 9.42. The molecule has 7 heteroatoms. The minimum absolute atomic E-state index is 0.336. The van der Waals surface area contributed by atoms with Gasteiger partial charge < -0.3 is 4.74 Å². The molecule has 0 fully saturated rings. The topological polar surface area (TPSA) is 69.2 Å². The molecule has 2 aromatic heterocycles. The summed E-state index contributed by atoms with van der Waals surface area (Å²) in [6.07, 6.45) is 0.753. The third-order valence-electron chi connectivity index (χ3n) is 1.86. The molecular weight excluding hydrogens is 284 g/mol. The van der Waals surface area contributed by atoms with Gasteiger partial charge in [-0.3, -0.25) is 4.79 Å². The molecule has 0 saturated carbocycles. The second kappa shape index (κ2) is 7.75. The predicted molar refractivity (Wildman–Crippen MR) is 75.0 cm³/mol. The maximum atomic E-state index is 11.0. The summed E-state index contributed by atoms with van der Waals surface area (Å²) in [5.74, 6) is -0.336. The third-order valence-corrected chi connectivity index (χ3v) is 3.43. The van der Waals surface area contributed by atoms with Crippen molar-refractivity contribution in [2.75, 3.05) is 6.61 Å². The van der Waals surface area contributed by atoms with Gasteiger partial charge in [0.1, 0.15) is 5.69 Å². The van der Waals surface area contributed by atoms with Gasteiger partial charge in [-0.2, -0.15) is 0 Å². The van der Waals surface area contributed by atoms with Crippen LogP contribution in [0.15, 0.2) is 10.8 Å².